The first-order valence-corrected chi connectivity index (χ1v) is 7.11. The second kappa shape index (κ2) is 6.59. The van der Waals surface area contributed by atoms with E-state index in [9.17, 15) is 4.79 Å². The first kappa shape index (κ1) is 13.9. The third-order valence-electron chi connectivity index (χ3n) is 2.37. The Hall–Kier alpha value is -1.52. The third kappa shape index (κ3) is 4.58. The van der Waals surface area contributed by atoms with E-state index in [4.69, 9.17) is 11.6 Å². The van der Waals surface area contributed by atoms with Crippen LogP contribution >= 0.6 is 23.4 Å². The van der Waals surface area contributed by atoms with Gasteiger partial charge in [-0.05, 0) is 42.0 Å². The summed E-state index contributed by atoms with van der Waals surface area (Å²) in [5.74, 6) is 0.772. The molecule has 1 aromatic heterocycles. The Morgan fingerprint density at radius 1 is 1.32 bits per heavy atom. The van der Waals surface area contributed by atoms with Gasteiger partial charge >= 0.3 is 0 Å². The van der Waals surface area contributed by atoms with Crippen molar-refractivity contribution in [2.75, 3.05) is 5.32 Å². The third-order valence-corrected chi connectivity index (χ3v) is 3.66. The van der Waals surface area contributed by atoms with Crippen molar-refractivity contribution >= 4 is 35.0 Å². The van der Waals surface area contributed by atoms with Crippen LogP contribution in [0.4, 0.5) is 5.69 Å². The van der Waals surface area contributed by atoms with E-state index in [2.05, 4.69) is 10.3 Å². The van der Waals surface area contributed by atoms with Gasteiger partial charge in [0.25, 0.3) is 0 Å². The molecule has 2 aromatic rings. The number of pyridine rings is 1. The number of anilines is 1. The maximum absolute atomic E-state index is 10.9. The minimum absolute atomic E-state index is 0.0631. The van der Waals surface area contributed by atoms with E-state index >= 15 is 0 Å². The summed E-state index contributed by atoms with van der Waals surface area (Å²) in [6.07, 6.45) is 1.71. The van der Waals surface area contributed by atoms with Gasteiger partial charge in [-0.3, -0.25) is 4.79 Å². The molecule has 1 N–H and O–H groups in total. The summed E-state index contributed by atoms with van der Waals surface area (Å²) in [6.45, 7) is 1.50. The normalized spacial score (nSPS) is 10.2. The summed E-state index contributed by atoms with van der Waals surface area (Å²) >= 11 is 7.55. The van der Waals surface area contributed by atoms with Crippen LogP contribution in [-0.4, -0.2) is 10.9 Å². The molecule has 2 rings (SSSR count). The highest BCUT2D eigenvalue weighted by molar-refractivity contribution is 7.98. The molecule has 0 aliphatic heterocycles. The molecule has 0 saturated heterocycles. The Labute approximate surface area is 121 Å². The van der Waals surface area contributed by atoms with E-state index < -0.39 is 0 Å². The van der Waals surface area contributed by atoms with Gasteiger partial charge in [-0.1, -0.05) is 11.6 Å². The maximum atomic E-state index is 10.9. The number of benzene rings is 1. The molecule has 98 valence electrons. The molecule has 0 fully saturated rings. The zero-order chi connectivity index (χ0) is 13.7. The van der Waals surface area contributed by atoms with Gasteiger partial charge in [0, 0.05) is 29.5 Å². The number of nitrogens with zero attached hydrogens (tertiary/aromatic N) is 1. The van der Waals surface area contributed by atoms with E-state index in [1.54, 1.807) is 18.0 Å². The molecule has 0 bridgehead atoms. The SMILES string of the molecule is CC(=O)Nc1ccc(SCc2ccnc(Cl)c2)cc1. The average Bonchev–Trinajstić information content (AvgIpc) is 2.37. The minimum Gasteiger partial charge on any atom is -0.326 e. The number of rotatable bonds is 4. The Bertz CT molecular complexity index is 572. The summed E-state index contributed by atoms with van der Waals surface area (Å²) in [4.78, 5) is 16.0. The highest BCUT2D eigenvalue weighted by Crippen LogP contribution is 2.24. The summed E-state index contributed by atoms with van der Waals surface area (Å²) in [5, 5.41) is 3.25. The number of hydrogen-bond acceptors (Lipinski definition) is 3. The van der Waals surface area contributed by atoms with Crippen LogP contribution in [-0.2, 0) is 10.5 Å². The fourth-order valence-corrected chi connectivity index (χ4v) is 2.57. The van der Waals surface area contributed by atoms with Gasteiger partial charge in [-0.2, -0.15) is 0 Å². The first-order valence-electron chi connectivity index (χ1n) is 5.74. The molecule has 0 aliphatic carbocycles. The molecule has 1 heterocycles. The standard InChI is InChI=1S/C14H13ClN2OS/c1-10(18)17-12-2-4-13(5-3-12)19-9-11-6-7-16-14(15)8-11/h2-8H,9H2,1H3,(H,17,18). The molecule has 19 heavy (non-hydrogen) atoms. The lowest BCUT2D eigenvalue weighted by molar-refractivity contribution is -0.114. The topological polar surface area (TPSA) is 42.0 Å². The quantitative estimate of drug-likeness (QED) is 0.684. The summed E-state index contributed by atoms with van der Waals surface area (Å²) in [6, 6.07) is 11.6. The molecule has 0 atom stereocenters. The second-order valence-electron chi connectivity index (χ2n) is 3.98. The van der Waals surface area contributed by atoms with E-state index in [0.29, 0.717) is 5.15 Å². The Morgan fingerprint density at radius 3 is 2.68 bits per heavy atom. The molecule has 1 aromatic carbocycles. The zero-order valence-corrected chi connectivity index (χ0v) is 12.0. The number of aromatic nitrogens is 1. The zero-order valence-electron chi connectivity index (χ0n) is 10.4. The van der Waals surface area contributed by atoms with Crippen LogP contribution in [0.25, 0.3) is 0 Å². The molecule has 3 nitrogen and oxygen atoms in total. The highest BCUT2D eigenvalue weighted by Gasteiger charge is 1.99. The van der Waals surface area contributed by atoms with Crippen molar-refractivity contribution in [1.29, 1.82) is 0 Å². The average molecular weight is 293 g/mol. The van der Waals surface area contributed by atoms with Gasteiger partial charge in [-0.15, -0.1) is 11.8 Å². The van der Waals surface area contributed by atoms with Gasteiger partial charge in [0.1, 0.15) is 5.15 Å². The van der Waals surface area contributed by atoms with Gasteiger partial charge in [0.05, 0.1) is 0 Å². The van der Waals surface area contributed by atoms with Crippen LogP contribution < -0.4 is 5.32 Å². The van der Waals surface area contributed by atoms with Crippen molar-refractivity contribution in [3.8, 4) is 0 Å². The lowest BCUT2D eigenvalue weighted by Gasteiger charge is -2.05. The number of halogens is 1. The smallest absolute Gasteiger partial charge is 0.221 e. The van der Waals surface area contributed by atoms with Gasteiger partial charge in [0.2, 0.25) is 5.91 Å². The van der Waals surface area contributed by atoms with Crippen molar-refractivity contribution in [2.45, 2.75) is 17.6 Å². The van der Waals surface area contributed by atoms with Crippen LogP contribution in [0.2, 0.25) is 5.15 Å². The van der Waals surface area contributed by atoms with E-state index in [0.717, 1.165) is 21.9 Å². The highest BCUT2D eigenvalue weighted by atomic mass is 35.5. The van der Waals surface area contributed by atoms with Crippen LogP contribution in [0.15, 0.2) is 47.5 Å². The number of nitrogens with one attached hydrogen (secondary N) is 1. The van der Waals surface area contributed by atoms with Crippen molar-refractivity contribution in [2.24, 2.45) is 0 Å². The van der Waals surface area contributed by atoms with E-state index in [1.165, 1.54) is 6.92 Å². The van der Waals surface area contributed by atoms with Crippen LogP contribution in [0.5, 0.6) is 0 Å². The molecule has 5 heteroatoms. The number of hydrogen-bond donors (Lipinski definition) is 1. The lowest BCUT2D eigenvalue weighted by Crippen LogP contribution is -2.05. The molecule has 0 aliphatic rings. The lowest BCUT2D eigenvalue weighted by atomic mass is 10.3. The number of carbonyl (C=O) groups is 1. The Balaban J connectivity index is 1.94. The maximum Gasteiger partial charge on any atom is 0.221 e. The Kier molecular flexibility index (Phi) is 4.82. The second-order valence-corrected chi connectivity index (χ2v) is 5.42. The minimum atomic E-state index is -0.0631. The number of thioether (sulfide) groups is 1. The van der Waals surface area contributed by atoms with Gasteiger partial charge < -0.3 is 5.32 Å². The molecule has 1 amide bonds. The van der Waals surface area contributed by atoms with Crippen LogP contribution in [0, 0.1) is 0 Å². The van der Waals surface area contributed by atoms with Gasteiger partial charge in [-0.25, -0.2) is 4.98 Å². The van der Waals surface area contributed by atoms with Crippen molar-refractivity contribution < 1.29 is 4.79 Å². The van der Waals surface area contributed by atoms with Crippen LogP contribution in [0.1, 0.15) is 12.5 Å². The van der Waals surface area contributed by atoms with Crippen molar-refractivity contribution in [1.82, 2.24) is 4.98 Å². The van der Waals surface area contributed by atoms with E-state index in [1.807, 2.05) is 36.4 Å². The molecule has 0 saturated carbocycles. The summed E-state index contributed by atoms with van der Waals surface area (Å²) in [5.41, 5.74) is 1.94. The summed E-state index contributed by atoms with van der Waals surface area (Å²) in [7, 11) is 0. The fraction of sp³-hybridized carbons (Fsp3) is 0.143. The van der Waals surface area contributed by atoms with Crippen LogP contribution in [0.3, 0.4) is 0 Å². The number of carbonyl (C=O) groups excluding carboxylic acids is 1. The van der Waals surface area contributed by atoms with Gasteiger partial charge in [0.15, 0.2) is 0 Å². The number of amides is 1. The monoisotopic (exact) mass is 292 g/mol. The first-order chi connectivity index (χ1) is 9.13. The molecular weight excluding hydrogens is 280 g/mol. The molecule has 0 unspecified atom stereocenters. The van der Waals surface area contributed by atoms with Crippen molar-refractivity contribution in [3.05, 3.63) is 53.3 Å². The fourth-order valence-electron chi connectivity index (χ4n) is 1.54. The molecule has 0 radical (unpaired) electrons. The predicted molar refractivity (Wildman–Crippen MR) is 79.6 cm³/mol. The Morgan fingerprint density at radius 2 is 2.05 bits per heavy atom. The summed E-state index contributed by atoms with van der Waals surface area (Å²) < 4.78 is 0. The van der Waals surface area contributed by atoms with E-state index in [-0.39, 0.29) is 5.91 Å². The molecule has 0 spiro atoms. The largest absolute Gasteiger partial charge is 0.326 e. The molecular formula is C14H13ClN2OS. The predicted octanol–water partition coefficient (Wildman–Crippen LogP) is 3.99. The van der Waals surface area contributed by atoms with Crippen molar-refractivity contribution in [3.63, 3.8) is 0 Å².